The molecule has 1 fully saturated rings. The first-order valence-electron chi connectivity index (χ1n) is 10.2. The van der Waals surface area contributed by atoms with Crippen LogP contribution in [-0.4, -0.2) is 30.7 Å². The van der Waals surface area contributed by atoms with Crippen LogP contribution in [0.15, 0.2) is 71.7 Å². The molecule has 0 radical (unpaired) electrons. The number of likely N-dealkylation sites (N-methyl/N-ethyl adjacent to an activating group) is 1. The Morgan fingerprint density at radius 1 is 1.10 bits per heavy atom. The van der Waals surface area contributed by atoms with Crippen molar-refractivity contribution in [2.24, 2.45) is 0 Å². The zero-order valence-electron chi connectivity index (χ0n) is 16.5. The zero-order chi connectivity index (χ0) is 19.8. The normalized spacial score (nSPS) is 20.2. The third kappa shape index (κ3) is 3.32. The highest BCUT2D eigenvalue weighted by Crippen LogP contribution is 2.43. The summed E-state index contributed by atoms with van der Waals surface area (Å²) in [6.45, 7) is 2.51. The molecule has 29 heavy (non-hydrogen) atoms. The van der Waals surface area contributed by atoms with Crippen molar-refractivity contribution >= 4 is 5.69 Å². The van der Waals surface area contributed by atoms with E-state index in [1.807, 2.05) is 48.7 Å². The van der Waals surface area contributed by atoms with Crippen LogP contribution < -0.4 is 20.5 Å². The standard InChI is InChI=1S/C24H25N3O2/c1-26-22-8-7-18(13-21(22)20-9-11-25-15-23(20)26)27-12-10-19(14-24(27)28)29-16-17-5-3-2-4-6-17/h2-8,10,12-14,20,23,25H,9,11,15-16H2,1H3. The number of nitrogens with zero attached hydrogens (tertiary/aromatic N) is 2. The quantitative estimate of drug-likeness (QED) is 0.746. The van der Waals surface area contributed by atoms with Crippen LogP contribution in [0.3, 0.4) is 0 Å². The van der Waals surface area contributed by atoms with Gasteiger partial charge in [0.1, 0.15) is 12.4 Å². The minimum Gasteiger partial charge on any atom is -0.489 e. The van der Waals surface area contributed by atoms with E-state index < -0.39 is 0 Å². The number of nitrogens with one attached hydrogen (secondary N) is 1. The summed E-state index contributed by atoms with van der Waals surface area (Å²) < 4.78 is 7.49. The molecule has 3 aromatic rings. The number of anilines is 1. The van der Waals surface area contributed by atoms with E-state index in [0.717, 1.165) is 30.8 Å². The molecule has 2 aliphatic rings. The summed E-state index contributed by atoms with van der Waals surface area (Å²) in [7, 11) is 2.17. The molecule has 2 atom stereocenters. The Labute approximate surface area is 170 Å². The lowest BCUT2D eigenvalue weighted by atomic mass is 9.89. The summed E-state index contributed by atoms with van der Waals surface area (Å²) in [5, 5.41) is 3.50. The topological polar surface area (TPSA) is 46.5 Å². The third-order valence-electron chi connectivity index (χ3n) is 6.16. The van der Waals surface area contributed by atoms with Gasteiger partial charge in [0.2, 0.25) is 0 Å². The molecule has 5 nitrogen and oxygen atoms in total. The molecule has 148 valence electrons. The molecular weight excluding hydrogens is 362 g/mol. The maximum atomic E-state index is 12.8. The van der Waals surface area contributed by atoms with Gasteiger partial charge in [0, 0.05) is 49.2 Å². The number of ether oxygens (including phenoxy) is 1. The minimum absolute atomic E-state index is 0.0799. The van der Waals surface area contributed by atoms with Crippen LogP contribution in [0.1, 0.15) is 23.5 Å². The number of benzene rings is 2. The first-order chi connectivity index (χ1) is 14.2. The fourth-order valence-corrected chi connectivity index (χ4v) is 4.61. The van der Waals surface area contributed by atoms with Crippen LogP contribution in [0.5, 0.6) is 5.75 Å². The highest BCUT2D eigenvalue weighted by molar-refractivity contribution is 5.65. The second-order valence-corrected chi connectivity index (χ2v) is 7.87. The van der Waals surface area contributed by atoms with E-state index in [2.05, 4.69) is 29.4 Å². The van der Waals surface area contributed by atoms with Crippen molar-refractivity contribution in [2.45, 2.75) is 25.0 Å². The van der Waals surface area contributed by atoms with Crippen LogP contribution in [0.4, 0.5) is 5.69 Å². The van der Waals surface area contributed by atoms with Gasteiger partial charge < -0.3 is 15.0 Å². The maximum absolute atomic E-state index is 12.8. The summed E-state index contributed by atoms with van der Waals surface area (Å²) in [4.78, 5) is 15.1. The number of aromatic nitrogens is 1. The fraction of sp³-hybridized carbons (Fsp3) is 0.292. The molecule has 2 aromatic carbocycles. The van der Waals surface area contributed by atoms with Crippen molar-refractivity contribution in [3.8, 4) is 11.4 Å². The van der Waals surface area contributed by atoms with Gasteiger partial charge in [-0.2, -0.15) is 0 Å². The van der Waals surface area contributed by atoms with Crippen LogP contribution in [0.25, 0.3) is 5.69 Å². The Kier molecular flexibility index (Phi) is 4.60. The van der Waals surface area contributed by atoms with Gasteiger partial charge in [0.25, 0.3) is 5.56 Å². The van der Waals surface area contributed by atoms with Crippen molar-refractivity contribution in [1.29, 1.82) is 0 Å². The number of hydrogen-bond donors (Lipinski definition) is 1. The average Bonchev–Trinajstić information content (AvgIpc) is 3.05. The summed E-state index contributed by atoms with van der Waals surface area (Å²) in [5.41, 5.74) is 4.55. The van der Waals surface area contributed by atoms with Gasteiger partial charge in [-0.3, -0.25) is 9.36 Å². The Hall–Kier alpha value is -3.05. The molecular formula is C24H25N3O2. The number of hydrogen-bond acceptors (Lipinski definition) is 4. The molecule has 0 saturated carbocycles. The number of rotatable bonds is 4. The molecule has 1 aromatic heterocycles. The molecule has 0 amide bonds. The van der Waals surface area contributed by atoms with Crippen molar-refractivity contribution in [2.75, 3.05) is 25.0 Å². The molecule has 5 rings (SSSR count). The van der Waals surface area contributed by atoms with Crippen molar-refractivity contribution in [3.05, 3.63) is 88.3 Å². The van der Waals surface area contributed by atoms with E-state index >= 15 is 0 Å². The van der Waals surface area contributed by atoms with Crippen LogP contribution in [0.2, 0.25) is 0 Å². The van der Waals surface area contributed by atoms with Crippen molar-refractivity contribution in [3.63, 3.8) is 0 Å². The molecule has 1 saturated heterocycles. The van der Waals surface area contributed by atoms with E-state index in [1.54, 1.807) is 10.6 Å². The summed E-state index contributed by atoms with van der Waals surface area (Å²) in [5.74, 6) is 1.12. The van der Waals surface area contributed by atoms with E-state index in [9.17, 15) is 4.79 Å². The largest absolute Gasteiger partial charge is 0.489 e. The number of fused-ring (bicyclic) bond motifs is 3. The first kappa shape index (κ1) is 18.0. The molecule has 2 aliphatic heterocycles. The predicted octanol–water partition coefficient (Wildman–Crippen LogP) is 3.31. The molecule has 0 spiro atoms. The summed E-state index contributed by atoms with van der Waals surface area (Å²) in [6.07, 6.45) is 2.94. The maximum Gasteiger partial charge on any atom is 0.258 e. The van der Waals surface area contributed by atoms with Crippen LogP contribution in [0, 0.1) is 0 Å². The number of piperidine rings is 1. The molecule has 5 heteroatoms. The van der Waals surface area contributed by atoms with Gasteiger partial charge in [0.15, 0.2) is 0 Å². The monoisotopic (exact) mass is 387 g/mol. The van der Waals surface area contributed by atoms with E-state index in [4.69, 9.17) is 4.74 Å². The zero-order valence-corrected chi connectivity index (χ0v) is 16.5. The first-order valence-corrected chi connectivity index (χ1v) is 10.2. The second kappa shape index (κ2) is 7.41. The van der Waals surface area contributed by atoms with Gasteiger partial charge in [-0.1, -0.05) is 30.3 Å². The van der Waals surface area contributed by atoms with Crippen LogP contribution >= 0.6 is 0 Å². The van der Waals surface area contributed by atoms with Gasteiger partial charge in [-0.25, -0.2) is 0 Å². The van der Waals surface area contributed by atoms with E-state index in [1.165, 1.54) is 11.3 Å². The van der Waals surface area contributed by atoms with E-state index in [-0.39, 0.29) is 5.56 Å². The lowest BCUT2D eigenvalue weighted by Gasteiger charge is -2.31. The fourth-order valence-electron chi connectivity index (χ4n) is 4.61. The second-order valence-electron chi connectivity index (χ2n) is 7.87. The Morgan fingerprint density at radius 2 is 1.97 bits per heavy atom. The molecule has 2 unspecified atom stereocenters. The minimum atomic E-state index is -0.0799. The Bertz CT molecular complexity index is 1080. The SMILES string of the molecule is CN1c2ccc(-n3ccc(OCc4ccccc4)cc3=O)cc2C2CCNCC21. The Balaban J connectivity index is 1.40. The summed E-state index contributed by atoms with van der Waals surface area (Å²) in [6, 6.07) is 20.3. The van der Waals surface area contributed by atoms with Gasteiger partial charge >= 0.3 is 0 Å². The summed E-state index contributed by atoms with van der Waals surface area (Å²) >= 11 is 0. The lowest BCUT2D eigenvalue weighted by Crippen LogP contribution is -2.44. The van der Waals surface area contributed by atoms with Crippen molar-refractivity contribution < 1.29 is 4.74 Å². The van der Waals surface area contributed by atoms with E-state index in [0.29, 0.717) is 24.3 Å². The number of pyridine rings is 1. The van der Waals surface area contributed by atoms with Crippen molar-refractivity contribution in [1.82, 2.24) is 9.88 Å². The predicted molar refractivity (Wildman–Crippen MR) is 115 cm³/mol. The average molecular weight is 387 g/mol. The van der Waals surface area contributed by atoms with Gasteiger partial charge in [-0.15, -0.1) is 0 Å². The molecule has 1 N–H and O–H groups in total. The van der Waals surface area contributed by atoms with Gasteiger partial charge in [0.05, 0.1) is 0 Å². The highest BCUT2D eigenvalue weighted by atomic mass is 16.5. The Morgan fingerprint density at radius 3 is 2.79 bits per heavy atom. The molecule has 0 aliphatic carbocycles. The molecule has 0 bridgehead atoms. The molecule has 3 heterocycles. The van der Waals surface area contributed by atoms with Gasteiger partial charge in [-0.05, 0) is 48.4 Å². The highest BCUT2D eigenvalue weighted by Gasteiger charge is 2.37. The smallest absolute Gasteiger partial charge is 0.258 e. The van der Waals surface area contributed by atoms with Crippen LogP contribution in [-0.2, 0) is 6.61 Å². The lowest BCUT2D eigenvalue weighted by molar-refractivity contribution is 0.305. The third-order valence-corrected chi connectivity index (χ3v) is 6.16.